The number of hydrogen-bond acceptors (Lipinski definition) is 5. The number of ether oxygens (including phenoxy) is 1. The van der Waals surface area contributed by atoms with Gasteiger partial charge in [0.25, 0.3) is 5.69 Å². The maximum Gasteiger partial charge on any atom is 0.270 e. The van der Waals surface area contributed by atoms with Crippen LogP contribution >= 0.6 is 12.2 Å². The quantitative estimate of drug-likeness (QED) is 0.374. The summed E-state index contributed by atoms with van der Waals surface area (Å²) in [6.45, 7) is 1.74. The fourth-order valence-electron chi connectivity index (χ4n) is 1.90. The van der Waals surface area contributed by atoms with Gasteiger partial charge in [-0.1, -0.05) is 18.2 Å². The van der Waals surface area contributed by atoms with Crippen LogP contribution in [0, 0.1) is 10.1 Å². The number of benzene rings is 2. The summed E-state index contributed by atoms with van der Waals surface area (Å²) in [5.74, 6) is 0.707. The molecule has 2 aromatic carbocycles. The third-order valence-electron chi connectivity index (χ3n) is 3.13. The zero-order valence-electron chi connectivity index (χ0n) is 13.1. The van der Waals surface area contributed by atoms with Gasteiger partial charge in [0.1, 0.15) is 5.75 Å². The topological polar surface area (TPSA) is 88.8 Å². The summed E-state index contributed by atoms with van der Waals surface area (Å²) in [5.41, 5.74) is 4.70. The van der Waals surface area contributed by atoms with Gasteiger partial charge in [0.15, 0.2) is 5.11 Å². The molecule has 2 N–H and O–H groups in total. The van der Waals surface area contributed by atoms with E-state index < -0.39 is 4.92 Å². The first-order valence-electron chi connectivity index (χ1n) is 7.00. The molecule has 0 saturated heterocycles. The van der Waals surface area contributed by atoms with Gasteiger partial charge in [-0.2, -0.15) is 5.10 Å². The van der Waals surface area contributed by atoms with Gasteiger partial charge in [-0.05, 0) is 31.3 Å². The van der Waals surface area contributed by atoms with Crippen LogP contribution in [0.4, 0.5) is 11.4 Å². The van der Waals surface area contributed by atoms with E-state index in [-0.39, 0.29) is 5.69 Å². The van der Waals surface area contributed by atoms with Crippen LogP contribution in [0.15, 0.2) is 53.6 Å². The Kier molecular flexibility index (Phi) is 5.80. The Balaban J connectivity index is 2.02. The highest BCUT2D eigenvalue weighted by molar-refractivity contribution is 7.80. The molecule has 0 amide bonds. The summed E-state index contributed by atoms with van der Waals surface area (Å²) < 4.78 is 5.14. The number of nitrogens with zero attached hydrogens (tertiary/aromatic N) is 2. The van der Waals surface area contributed by atoms with Crippen molar-refractivity contribution in [2.24, 2.45) is 5.10 Å². The van der Waals surface area contributed by atoms with Gasteiger partial charge in [-0.3, -0.25) is 15.5 Å². The number of nitro groups is 1. The number of thiocarbonyl (C=S) groups is 1. The molecule has 0 aromatic heterocycles. The number of methoxy groups -OCH3 is 1. The number of non-ortho nitro benzene ring substituents is 1. The minimum Gasteiger partial charge on any atom is -0.497 e. The SMILES string of the molecule is COc1cccc(NC(=S)N/N=C(/C)c2cccc([N+](=O)[O-])c2)c1. The molecule has 0 unspecified atom stereocenters. The Morgan fingerprint density at radius 2 is 2.00 bits per heavy atom. The second kappa shape index (κ2) is 8.02. The minimum atomic E-state index is -0.445. The minimum absolute atomic E-state index is 0.0131. The van der Waals surface area contributed by atoms with E-state index in [2.05, 4.69) is 15.8 Å². The number of hydrogen-bond donors (Lipinski definition) is 2. The van der Waals surface area contributed by atoms with Crippen LogP contribution in [0.3, 0.4) is 0 Å². The molecule has 0 aliphatic carbocycles. The van der Waals surface area contributed by atoms with Crippen molar-refractivity contribution in [2.45, 2.75) is 6.92 Å². The molecule has 124 valence electrons. The van der Waals surface area contributed by atoms with Crippen molar-refractivity contribution in [3.8, 4) is 5.75 Å². The van der Waals surface area contributed by atoms with Crippen molar-refractivity contribution in [3.05, 3.63) is 64.2 Å². The first-order valence-corrected chi connectivity index (χ1v) is 7.40. The summed E-state index contributed by atoms with van der Waals surface area (Å²) in [6.07, 6.45) is 0. The normalized spacial score (nSPS) is 10.8. The molecule has 0 fully saturated rings. The molecule has 0 bridgehead atoms. The second-order valence-corrected chi connectivity index (χ2v) is 5.21. The molecule has 0 aliphatic rings. The monoisotopic (exact) mass is 344 g/mol. The van der Waals surface area contributed by atoms with E-state index in [0.717, 1.165) is 5.69 Å². The highest BCUT2D eigenvalue weighted by Gasteiger charge is 2.07. The lowest BCUT2D eigenvalue weighted by molar-refractivity contribution is -0.384. The number of anilines is 1. The second-order valence-electron chi connectivity index (χ2n) is 4.80. The number of hydrazone groups is 1. The smallest absolute Gasteiger partial charge is 0.270 e. The summed E-state index contributed by atoms with van der Waals surface area (Å²) >= 11 is 5.17. The molecule has 0 saturated carbocycles. The van der Waals surface area contributed by atoms with Crippen LogP contribution in [-0.4, -0.2) is 22.9 Å². The molecule has 2 rings (SSSR count). The first kappa shape index (κ1) is 17.4. The van der Waals surface area contributed by atoms with Crippen LogP contribution in [0.1, 0.15) is 12.5 Å². The van der Waals surface area contributed by atoms with Gasteiger partial charge in [-0.15, -0.1) is 0 Å². The molecular formula is C16H16N4O3S. The van der Waals surface area contributed by atoms with E-state index in [0.29, 0.717) is 22.1 Å². The highest BCUT2D eigenvalue weighted by atomic mass is 32.1. The predicted octanol–water partition coefficient (Wildman–Crippen LogP) is 3.31. The average Bonchev–Trinajstić information content (AvgIpc) is 2.60. The van der Waals surface area contributed by atoms with Gasteiger partial charge in [0.2, 0.25) is 0 Å². The van der Waals surface area contributed by atoms with Gasteiger partial charge >= 0.3 is 0 Å². The fraction of sp³-hybridized carbons (Fsp3) is 0.125. The van der Waals surface area contributed by atoms with Crippen LogP contribution in [0.25, 0.3) is 0 Å². The van der Waals surface area contributed by atoms with Gasteiger partial charge in [-0.25, -0.2) is 0 Å². The standard InChI is InChI=1S/C16H16N4O3S/c1-11(12-5-3-7-14(9-12)20(21)22)18-19-16(24)17-13-6-4-8-15(10-13)23-2/h3-10H,1-2H3,(H2,17,19,24)/b18-11-. The highest BCUT2D eigenvalue weighted by Crippen LogP contribution is 2.16. The largest absolute Gasteiger partial charge is 0.497 e. The third-order valence-corrected chi connectivity index (χ3v) is 3.32. The van der Waals surface area contributed by atoms with Crippen molar-refractivity contribution in [2.75, 3.05) is 12.4 Å². The molecule has 0 atom stereocenters. The van der Waals surface area contributed by atoms with Crippen molar-refractivity contribution in [3.63, 3.8) is 0 Å². The molecule has 8 heteroatoms. The molecule has 24 heavy (non-hydrogen) atoms. The summed E-state index contributed by atoms with van der Waals surface area (Å²) in [6, 6.07) is 13.5. The van der Waals surface area contributed by atoms with Crippen LogP contribution in [0.2, 0.25) is 0 Å². The number of rotatable bonds is 5. The Hall–Kier alpha value is -3.00. The molecule has 0 radical (unpaired) electrons. The number of nitrogens with one attached hydrogen (secondary N) is 2. The van der Waals surface area contributed by atoms with Crippen molar-refractivity contribution in [1.29, 1.82) is 0 Å². The van der Waals surface area contributed by atoms with Crippen LogP contribution in [0.5, 0.6) is 5.75 Å². The van der Waals surface area contributed by atoms with Crippen LogP contribution < -0.4 is 15.5 Å². The maximum absolute atomic E-state index is 10.8. The van der Waals surface area contributed by atoms with Crippen LogP contribution in [-0.2, 0) is 0 Å². The Morgan fingerprint density at radius 3 is 2.71 bits per heavy atom. The Labute approximate surface area is 144 Å². The molecular weight excluding hydrogens is 328 g/mol. The van der Waals surface area contributed by atoms with Gasteiger partial charge < -0.3 is 10.1 Å². The zero-order valence-corrected chi connectivity index (χ0v) is 14.0. The van der Waals surface area contributed by atoms with Crippen molar-refractivity contribution >= 4 is 34.4 Å². The van der Waals surface area contributed by atoms with E-state index in [4.69, 9.17) is 17.0 Å². The molecule has 0 aliphatic heterocycles. The average molecular weight is 344 g/mol. The lowest BCUT2D eigenvalue weighted by Crippen LogP contribution is -2.25. The Bertz CT molecular complexity index is 792. The van der Waals surface area contributed by atoms with E-state index in [9.17, 15) is 10.1 Å². The lowest BCUT2D eigenvalue weighted by atomic mass is 10.1. The number of nitro benzene ring substituents is 1. The maximum atomic E-state index is 10.8. The van der Waals surface area contributed by atoms with E-state index in [1.807, 2.05) is 18.2 Å². The molecule has 0 heterocycles. The Morgan fingerprint density at radius 1 is 1.25 bits per heavy atom. The van der Waals surface area contributed by atoms with E-state index in [1.54, 1.807) is 32.2 Å². The molecule has 2 aromatic rings. The molecule has 7 nitrogen and oxygen atoms in total. The van der Waals surface area contributed by atoms with Gasteiger partial charge in [0, 0.05) is 29.4 Å². The third kappa shape index (κ3) is 4.75. The first-order chi connectivity index (χ1) is 11.5. The molecule has 0 spiro atoms. The summed E-state index contributed by atoms with van der Waals surface area (Å²) in [5, 5.41) is 18.2. The van der Waals surface area contributed by atoms with E-state index in [1.165, 1.54) is 12.1 Å². The lowest BCUT2D eigenvalue weighted by Gasteiger charge is -2.09. The van der Waals surface area contributed by atoms with Crippen molar-refractivity contribution < 1.29 is 9.66 Å². The van der Waals surface area contributed by atoms with E-state index >= 15 is 0 Å². The summed E-state index contributed by atoms with van der Waals surface area (Å²) in [7, 11) is 1.59. The predicted molar refractivity (Wildman–Crippen MR) is 97.7 cm³/mol. The van der Waals surface area contributed by atoms with Crippen molar-refractivity contribution in [1.82, 2.24) is 5.43 Å². The van der Waals surface area contributed by atoms with Gasteiger partial charge in [0.05, 0.1) is 17.7 Å². The summed E-state index contributed by atoms with van der Waals surface area (Å²) in [4.78, 5) is 10.4. The zero-order chi connectivity index (χ0) is 17.5. The fourth-order valence-corrected chi connectivity index (χ4v) is 2.07.